The molecule has 1 fully saturated rings. The van der Waals surface area contributed by atoms with Crippen molar-refractivity contribution in [2.24, 2.45) is 5.92 Å². The average Bonchev–Trinajstić information content (AvgIpc) is 2.43. The third-order valence-corrected chi connectivity index (χ3v) is 4.80. The molecule has 0 aromatic carbocycles. The molecule has 0 spiro atoms. The van der Waals surface area contributed by atoms with Crippen molar-refractivity contribution < 1.29 is 27.8 Å². The highest BCUT2D eigenvalue weighted by molar-refractivity contribution is 7.87. The number of carboxylic acid groups (broad SMARTS) is 1. The van der Waals surface area contributed by atoms with Crippen LogP contribution in [0.1, 0.15) is 12.8 Å². The Bertz CT molecular complexity index is 413. The third-order valence-electron chi connectivity index (χ3n) is 3.25. The second-order valence-corrected chi connectivity index (χ2v) is 6.46. The van der Waals surface area contributed by atoms with Crippen molar-refractivity contribution in [1.82, 2.24) is 9.03 Å². The smallest absolute Gasteiger partial charge is 0.307 e. The van der Waals surface area contributed by atoms with Gasteiger partial charge in [0.1, 0.15) is 0 Å². The van der Waals surface area contributed by atoms with Gasteiger partial charge in [0.2, 0.25) is 0 Å². The van der Waals surface area contributed by atoms with Crippen LogP contribution < -0.4 is 4.72 Å². The van der Waals surface area contributed by atoms with Gasteiger partial charge in [-0.15, -0.1) is 0 Å². The van der Waals surface area contributed by atoms with Gasteiger partial charge in [-0.1, -0.05) is 0 Å². The summed E-state index contributed by atoms with van der Waals surface area (Å²) in [6.45, 7) is 0.700. The molecule has 0 saturated carbocycles. The van der Waals surface area contributed by atoms with Gasteiger partial charge in [0.05, 0.1) is 18.6 Å². The summed E-state index contributed by atoms with van der Waals surface area (Å²) >= 11 is 0. The van der Waals surface area contributed by atoms with Crippen LogP contribution in [0.5, 0.6) is 0 Å². The van der Waals surface area contributed by atoms with Gasteiger partial charge < -0.3 is 14.6 Å². The monoisotopic (exact) mass is 310 g/mol. The summed E-state index contributed by atoms with van der Waals surface area (Å²) in [6, 6.07) is 0. The van der Waals surface area contributed by atoms with E-state index in [9.17, 15) is 13.2 Å². The van der Waals surface area contributed by atoms with Crippen LogP contribution in [0.15, 0.2) is 0 Å². The molecule has 118 valence electrons. The minimum Gasteiger partial charge on any atom is -0.481 e. The second-order valence-electron chi connectivity index (χ2n) is 4.70. The van der Waals surface area contributed by atoms with E-state index in [1.807, 2.05) is 0 Å². The fourth-order valence-corrected chi connectivity index (χ4v) is 3.37. The fraction of sp³-hybridized carbons (Fsp3) is 0.909. The maximum absolute atomic E-state index is 12.1. The van der Waals surface area contributed by atoms with Crippen molar-refractivity contribution in [3.05, 3.63) is 0 Å². The normalized spacial score (nSPS) is 22.6. The van der Waals surface area contributed by atoms with Crippen molar-refractivity contribution in [3.63, 3.8) is 0 Å². The molecule has 1 saturated heterocycles. The van der Waals surface area contributed by atoms with E-state index in [0.29, 0.717) is 19.4 Å². The van der Waals surface area contributed by atoms with Gasteiger partial charge >= 0.3 is 5.97 Å². The molecule has 2 unspecified atom stereocenters. The zero-order valence-corrected chi connectivity index (χ0v) is 12.6. The Morgan fingerprint density at radius 2 is 2.20 bits per heavy atom. The van der Waals surface area contributed by atoms with Crippen LogP contribution in [-0.4, -0.2) is 70.4 Å². The maximum Gasteiger partial charge on any atom is 0.307 e. The molecule has 0 aromatic rings. The molecule has 0 bridgehead atoms. The van der Waals surface area contributed by atoms with Crippen LogP contribution >= 0.6 is 0 Å². The SMILES string of the molecule is COCC(CNS(=O)(=O)N1CCCC(C(=O)O)C1)OC. The van der Waals surface area contributed by atoms with Gasteiger partial charge in [-0.2, -0.15) is 17.4 Å². The van der Waals surface area contributed by atoms with E-state index >= 15 is 0 Å². The Morgan fingerprint density at radius 1 is 1.50 bits per heavy atom. The highest BCUT2D eigenvalue weighted by atomic mass is 32.2. The Hall–Kier alpha value is -0.740. The lowest BCUT2D eigenvalue weighted by atomic mass is 10.0. The number of rotatable bonds is 8. The molecule has 0 aromatic heterocycles. The summed E-state index contributed by atoms with van der Waals surface area (Å²) in [4.78, 5) is 10.9. The Labute approximate surface area is 119 Å². The molecule has 0 amide bonds. The number of hydrogen-bond acceptors (Lipinski definition) is 5. The molecule has 8 nitrogen and oxygen atoms in total. The summed E-state index contributed by atoms with van der Waals surface area (Å²) in [7, 11) is -0.715. The zero-order chi connectivity index (χ0) is 15.2. The third kappa shape index (κ3) is 4.98. The first-order chi connectivity index (χ1) is 9.40. The fourth-order valence-electron chi connectivity index (χ4n) is 2.05. The summed E-state index contributed by atoms with van der Waals surface area (Å²) in [5.41, 5.74) is 0. The summed E-state index contributed by atoms with van der Waals surface area (Å²) in [6.07, 6.45) is 0.671. The van der Waals surface area contributed by atoms with E-state index in [1.165, 1.54) is 18.5 Å². The number of carbonyl (C=O) groups is 1. The van der Waals surface area contributed by atoms with Gasteiger partial charge in [-0.25, -0.2) is 0 Å². The molecule has 1 heterocycles. The van der Waals surface area contributed by atoms with Crippen molar-refractivity contribution in [1.29, 1.82) is 0 Å². The maximum atomic E-state index is 12.1. The highest BCUT2D eigenvalue weighted by Crippen LogP contribution is 2.18. The van der Waals surface area contributed by atoms with Gasteiger partial charge in [0.15, 0.2) is 0 Å². The number of ether oxygens (including phenoxy) is 2. The molecule has 9 heteroatoms. The number of nitrogens with one attached hydrogen (secondary N) is 1. The van der Waals surface area contributed by atoms with E-state index < -0.39 is 22.1 Å². The molecule has 0 aliphatic carbocycles. The first-order valence-corrected chi connectivity index (χ1v) is 7.84. The van der Waals surface area contributed by atoms with E-state index in [2.05, 4.69) is 4.72 Å². The lowest BCUT2D eigenvalue weighted by Gasteiger charge is -2.30. The van der Waals surface area contributed by atoms with E-state index in [-0.39, 0.29) is 25.8 Å². The van der Waals surface area contributed by atoms with Crippen LogP contribution in [-0.2, 0) is 24.5 Å². The number of methoxy groups -OCH3 is 2. The summed E-state index contributed by atoms with van der Waals surface area (Å²) in [5.74, 6) is -1.60. The first-order valence-electron chi connectivity index (χ1n) is 6.40. The van der Waals surface area contributed by atoms with E-state index in [0.717, 1.165) is 0 Å². The van der Waals surface area contributed by atoms with Crippen LogP contribution in [0.4, 0.5) is 0 Å². The Morgan fingerprint density at radius 3 is 2.75 bits per heavy atom. The molecule has 1 aliphatic heterocycles. The number of hydrogen-bond donors (Lipinski definition) is 2. The number of nitrogens with zero attached hydrogens (tertiary/aromatic N) is 1. The molecular weight excluding hydrogens is 288 g/mol. The highest BCUT2D eigenvalue weighted by Gasteiger charge is 2.32. The van der Waals surface area contributed by atoms with Crippen molar-refractivity contribution in [2.45, 2.75) is 18.9 Å². The van der Waals surface area contributed by atoms with Crippen LogP contribution in [0.25, 0.3) is 0 Å². The summed E-state index contributed by atoms with van der Waals surface area (Å²) < 4.78 is 37.8. The topological polar surface area (TPSA) is 105 Å². The van der Waals surface area contributed by atoms with Crippen LogP contribution in [0, 0.1) is 5.92 Å². The number of aliphatic carboxylic acids is 1. The Balaban J connectivity index is 2.57. The lowest BCUT2D eigenvalue weighted by Crippen LogP contribution is -2.49. The predicted octanol–water partition coefficient (Wildman–Crippen LogP) is -0.721. The van der Waals surface area contributed by atoms with Gasteiger partial charge in [0.25, 0.3) is 10.2 Å². The second kappa shape index (κ2) is 7.89. The average molecular weight is 310 g/mol. The van der Waals surface area contributed by atoms with Gasteiger partial charge in [-0.3, -0.25) is 4.79 Å². The molecule has 0 radical (unpaired) electrons. The molecule has 20 heavy (non-hydrogen) atoms. The molecule has 2 atom stereocenters. The lowest BCUT2D eigenvalue weighted by molar-refractivity contribution is -0.142. The van der Waals surface area contributed by atoms with E-state index in [1.54, 1.807) is 0 Å². The van der Waals surface area contributed by atoms with Crippen LogP contribution in [0.3, 0.4) is 0 Å². The predicted molar refractivity (Wildman–Crippen MR) is 71.5 cm³/mol. The van der Waals surface area contributed by atoms with Crippen molar-refractivity contribution >= 4 is 16.2 Å². The first kappa shape index (κ1) is 17.3. The number of piperidine rings is 1. The molecular formula is C11H22N2O6S. The minimum absolute atomic E-state index is 0.00654. The molecule has 2 N–H and O–H groups in total. The minimum atomic E-state index is -3.69. The molecule has 1 aliphatic rings. The van der Waals surface area contributed by atoms with E-state index in [4.69, 9.17) is 14.6 Å². The zero-order valence-electron chi connectivity index (χ0n) is 11.7. The largest absolute Gasteiger partial charge is 0.481 e. The number of carboxylic acids is 1. The van der Waals surface area contributed by atoms with Gasteiger partial charge in [0, 0.05) is 33.9 Å². The standard InChI is InChI=1S/C11H22N2O6S/c1-18-8-10(19-2)6-12-20(16,17)13-5-3-4-9(7-13)11(14)15/h9-10,12H,3-8H2,1-2H3,(H,14,15). The van der Waals surface area contributed by atoms with Crippen molar-refractivity contribution in [2.75, 3.05) is 40.5 Å². The Kier molecular flexibility index (Phi) is 6.83. The van der Waals surface area contributed by atoms with Gasteiger partial charge in [-0.05, 0) is 12.8 Å². The molecule has 1 rings (SSSR count). The van der Waals surface area contributed by atoms with Crippen molar-refractivity contribution in [3.8, 4) is 0 Å². The summed E-state index contributed by atoms with van der Waals surface area (Å²) in [5, 5.41) is 8.97. The van der Waals surface area contributed by atoms with Crippen LogP contribution in [0.2, 0.25) is 0 Å². The quantitative estimate of drug-likeness (QED) is 0.613.